The zero-order valence-corrected chi connectivity index (χ0v) is 15.3. The van der Waals surface area contributed by atoms with Crippen LogP contribution in [0, 0.1) is 0 Å². The summed E-state index contributed by atoms with van der Waals surface area (Å²) in [6.07, 6.45) is 2.72. The third-order valence-electron chi connectivity index (χ3n) is 2.39. The summed E-state index contributed by atoms with van der Waals surface area (Å²) in [5.41, 5.74) is 0.487. The minimum absolute atomic E-state index is 0. The van der Waals surface area contributed by atoms with Crippen molar-refractivity contribution in [1.29, 1.82) is 0 Å². The molecule has 1 aromatic heterocycles. The summed E-state index contributed by atoms with van der Waals surface area (Å²) >= 11 is 0. The smallest absolute Gasteiger partial charge is 1.00 e. The molecule has 1 heterocycles. The van der Waals surface area contributed by atoms with Crippen molar-refractivity contribution in [3.05, 3.63) is 17.7 Å². The van der Waals surface area contributed by atoms with E-state index in [2.05, 4.69) is 15.1 Å². The van der Waals surface area contributed by atoms with Crippen molar-refractivity contribution < 1.29 is 50.4 Å². The van der Waals surface area contributed by atoms with Crippen molar-refractivity contribution in [3.8, 4) is 5.75 Å². The fourth-order valence-electron chi connectivity index (χ4n) is 1.45. The van der Waals surface area contributed by atoms with Crippen molar-refractivity contribution in [2.24, 2.45) is 5.16 Å². The van der Waals surface area contributed by atoms with Gasteiger partial charge in [0.1, 0.15) is 6.21 Å². The van der Waals surface area contributed by atoms with Gasteiger partial charge >= 0.3 is 29.6 Å². The topological polar surface area (TPSA) is 86.1 Å². The molecule has 21 heavy (non-hydrogen) atoms. The standard InChI is InChI=1S/C13H21N3O4.Na.H/c1-13(2,3)12-10(20-9-19-6-5-18-4)7-14-11(16-12)8-15-17;;/h7-8,17H,5-6,9H2,1-4H3;;/q;+1;-1/b15-8+;;. The van der Waals surface area contributed by atoms with Gasteiger partial charge < -0.3 is 20.8 Å². The second kappa shape index (κ2) is 10.1. The molecule has 0 atom stereocenters. The summed E-state index contributed by atoms with van der Waals surface area (Å²) in [4.78, 5) is 8.36. The molecule has 8 heteroatoms. The Morgan fingerprint density at radius 2 is 2.10 bits per heavy atom. The molecule has 114 valence electrons. The Morgan fingerprint density at radius 1 is 1.38 bits per heavy atom. The van der Waals surface area contributed by atoms with Crippen LogP contribution in [-0.4, -0.2) is 48.5 Å². The van der Waals surface area contributed by atoms with Crippen LogP contribution in [0.2, 0.25) is 0 Å². The molecule has 1 rings (SSSR count). The van der Waals surface area contributed by atoms with Crippen molar-refractivity contribution in [2.45, 2.75) is 26.2 Å². The SMILES string of the molecule is COCCOCOc1cnc(/C=N/O)nc1C(C)(C)C.[H-].[Na+]. The van der Waals surface area contributed by atoms with Gasteiger partial charge in [0.05, 0.1) is 25.1 Å². The maximum Gasteiger partial charge on any atom is 1.00 e. The first kappa shape index (κ1) is 20.3. The summed E-state index contributed by atoms with van der Waals surface area (Å²) in [5, 5.41) is 11.5. The number of methoxy groups -OCH3 is 1. The van der Waals surface area contributed by atoms with Crippen LogP contribution in [0.1, 0.15) is 33.7 Å². The molecule has 0 aliphatic heterocycles. The van der Waals surface area contributed by atoms with E-state index < -0.39 is 0 Å². The quantitative estimate of drug-likeness (QED) is 0.168. The van der Waals surface area contributed by atoms with E-state index >= 15 is 0 Å². The van der Waals surface area contributed by atoms with Gasteiger partial charge in [-0.05, 0) is 0 Å². The Hall–Kier alpha value is -0.730. The molecule has 0 aliphatic rings. The Morgan fingerprint density at radius 3 is 2.67 bits per heavy atom. The number of ether oxygens (including phenoxy) is 3. The molecule has 0 aliphatic carbocycles. The maximum absolute atomic E-state index is 8.53. The van der Waals surface area contributed by atoms with Crippen LogP contribution in [0.5, 0.6) is 5.75 Å². The Labute approximate surface area is 148 Å². The number of aromatic nitrogens is 2. The Kier molecular flexibility index (Phi) is 9.72. The molecule has 0 saturated heterocycles. The first-order valence-corrected chi connectivity index (χ1v) is 6.23. The summed E-state index contributed by atoms with van der Waals surface area (Å²) in [5.74, 6) is 0.870. The van der Waals surface area contributed by atoms with Crippen LogP contribution in [0.25, 0.3) is 0 Å². The average Bonchev–Trinajstić information content (AvgIpc) is 2.39. The van der Waals surface area contributed by atoms with Crippen LogP contribution < -0.4 is 34.3 Å². The molecule has 0 amide bonds. The predicted molar refractivity (Wildman–Crippen MR) is 74.5 cm³/mol. The molecule has 0 bridgehead atoms. The Bertz CT molecular complexity index is 455. The molecule has 1 N–H and O–H groups in total. The number of hydrogen-bond acceptors (Lipinski definition) is 7. The first-order valence-electron chi connectivity index (χ1n) is 6.23. The fourth-order valence-corrected chi connectivity index (χ4v) is 1.45. The number of rotatable bonds is 7. The zero-order chi connectivity index (χ0) is 15.0. The van der Waals surface area contributed by atoms with Crippen molar-refractivity contribution in [2.75, 3.05) is 27.1 Å². The van der Waals surface area contributed by atoms with Gasteiger partial charge in [0.2, 0.25) is 0 Å². The largest absolute Gasteiger partial charge is 1.00 e. The average molecular weight is 307 g/mol. The van der Waals surface area contributed by atoms with Gasteiger partial charge in [-0.15, -0.1) is 0 Å². The maximum atomic E-state index is 8.53. The minimum atomic E-state index is -0.233. The molecule has 7 nitrogen and oxygen atoms in total. The second-order valence-electron chi connectivity index (χ2n) is 5.10. The van der Waals surface area contributed by atoms with E-state index in [4.69, 9.17) is 19.4 Å². The van der Waals surface area contributed by atoms with Gasteiger partial charge in [0, 0.05) is 12.5 Å². The molecule has 0 radical (unpaired) electrons. The van der Waals surface area contributed by atoms with E-state index in [1.807, 2.05) is 20.8 Å². The molecule has 1 aromatic rings. The predicted octanol–water partition coefficient (Wildman–Crippen LogP) is -1.30. The zero-order valence-electron chi connectivity index (χ0n) is 14.3. The van der Waals surface area contributed by atoms with Crippen LogP contribution in [-0.2, 0) is 14.9 Å². The van der Waals surface area contributed by atoms with Gasteiger partial charge in [-0.3, -0.25) is 0 Å². The molecular weight excluding hydrogens is 285 g/mol. The van der Waals surface area contributed by atoms with E-state index in [0.717, 1.165) is 5.69 Å². The summed E-state index contributed by atoms with van der Waals surface area (Å²) in [6.45, 7) is 7.09. The molecule has 0 spiro atoms. The van der Waals surface area contributed by atoms with E-state index in [1.54, 1.807) is 13.3 Å². The molecular formula is C13H22N3NaO4. The molecule has 0 unspecified atom stereocenters. The Balaban J connectivity index is 0. The van der Waals surface area contributed by atoms with E-state index in [-0.39, 0.29) is 43.2 Å². The van der Waals surface area contributed by atoms with Gasteiger partial charge in [0.25, 0.3) is 0 Å². The van der Waals surface area contributed by atoms with Crippen molar-refractivity contribution in [1.82, 2.24) is 9.97 Å². The van der Waals surface area contributed by atoms with E-state index in [9.17, 15) is 0 Å². The minimum Gasteiger partial charge on any atom is -1.00 e. The van der Waals surface area contributed by atoms with Gasteiger partial charge in [-0.2, -0.15) is 0 Å². The monoisotopic (exact) mass is 307 g/mol. The normalized spacial score (nSPS) is 11.4. The third kappa shape index (κ3) is 7.19. The second-order valence-corrected chi connectivity index (χ2v) is 5.10. The number of nitrogens with zero attached hydrogens (tertiary/aromatic N) is 3. The van der Waals surface area contributed by atoms with Gasteiger partial charge in [0.15, 0.2) is 18.4 Å². The summed E-state index contributed by atoms with van der Waals surface area (Å²) < 4.78 is 15.7. The van der Waals surface area contributed by atoms with Gasteiger partial charge in [-0.25, -0.2) is 9.97 Å². The van der Waals surface area contributed by atoms with Crippen LogP contribution in [0.4, 0.5) is 0 Å². The molecule has 0 fully saturated rings. The number of oxime groups is 1. The summed E-state index contributed by atoms with van der Waals surface area (Å²) in [6, 6.07) is 0. The van der Waals surface area contributed by atoms with Crippen molar-refractivity contribution in [3.63, 3.8) is 0 Å². The first-order chi connectivity index (χ1) is 9.49. The van der Waals surface area contributed by atoms with Crippen molar-refractivity contribution >= 4 is 6.21 Å². The van der Waals surface area contributed by atoms with Crippen LogP contribution in [0.15, 0.2) is 11.4 Å². The fraction of sp³-hybridized carbons (Fsp3) is 0.615. The summed E-state index contributed by atoms with van der Waals surface area (Å²) in [7, 11) is 1.61. The van der Waals surface area contributed by atoms with Crippen LogP contribution in [0.3, 0.4) is 0 Å². The third-order valence-corrected chi connectivity index (χ3v) is 2.39. The van der Waals surface area contributed by atoms with E-state index in [0.29, 0.717) is 24.8 Å². The van der Waals surface area contributed by atoms with Gasteiger partial charge in [-0.1, -0.05) is 25.9 Å². The molecule has 0 aromatic carbocycles. The molecule has 0 saturated carbocycles. The van der Waals surface area contributed by atoms with E-state index in [1.165, 1.54) is 6.21 Å². The van der Waals surface area contributed by atoms with Crippen LogP contribution >= 0.6 is 0 Å². The number of hydrogen-bond donors (Lipinski definition) is 1.